The molecule has 0 aliphatic rings. The van der Waals surface area contributed by atoms with E-state index in [1.165, 1.54) is 83.5 Å². The van der Waals surface area contributed by atoms with Crippen molar-refractivity contribution in [2.24, 2.45) is 17.6 Å². The van der Waals surface area contributed by atoms with Gasteiger partial charge < -0.3 is 10.8 Å². The van der Waals surface area contributed by atoms with Crippen molar-refractivity contribution in [1.29, 1.82) is 0 Å². The Morgan fingerprint density at radius 1 is 0.792 bits per heavy atom. The highest BCUT2D eigenvalue weighted by Gasteiger charge is 2.21. The van der Waals surface area contributed by atoms with Gasteiger partial charge in [-0.2, -0.15) is 0 Å². The number of hydrogen-bond donors (Lipinski definition) is 2. The van der Waals surface area contributed by atoms with E-state index in [9.17, 15) is 4.79 Å². The van der Waals surface area contributed by atoms with E-state index in [0.29, 0.717) is 0 Å². The minimum Gasteiger partial charge on any atom is -0.396 e. The molecule has 24 heavy (non-hydrogen) atoms. The third-order valence-electron chi connectivity index (χ3n) is 5.21. The van der Waals surface area contributed by atoms with Crippen LogP contribution in [0.25, 0.3) is 0 Å². The molecule has 0 aromatic carbocycles. The van der Waals surface area contributed by atoms with E-state index < -0.39 is 0 Å². The Balaban J connectivity index is 3.31. The molecule has 0 radical (unpaired) electrons. The van der Waals surface area contributed by atoms with E-state index in [2.05, 4.69) is 6.92 Å². The topological polar surface area (TPSA) is 63.3 Å². The summed E-state index contributed by atoms with van der Waals surface area (Å²) < 4.78 is 0. The summed E-state index contributed by atoms with van der Waals surface area (Å²) in [4.78, 5) is 11.4. The maximum absolute atomic E-state index is 11.4. The lowest BCUT2D eigenvalue weighted by Crippen LogP contribution is -2.30. The Labute approximate surface area is 150 Å². The minimum atomic E-state index is -0.258. The molecule has 3 heteroatoms. The van der Waals surface area contributed by atoms with Crippen LogP contribution >= 0.6 is 0 Å². The summed E-state index contributed by atoms with van der Waals surface area (Å²) in [5.41, 5.74) is 5.42. The maximum atomic E-state index is 11.4. The van der Waals surface area contributed by atoms with Crippen molar-refractivity contribution in [1.82, 2.24) is 0 Å². The van der Waals surface area contributed by atoms with Crippen molar-refractivity contribution in [3.05, 3.63) is 0 Å². The molecular weight excluding hydrogens is 298 g/mol. The smallest absolute Gasteiger partial charge is 0.220 e. The van der Waals surface area contributed by atoms with Crippen LogP contribution in [0.15, 0.2) is 0 Å². The fourth-order valence-electron chi connectivity index (χ4n) is 3.39. The number of aliphatic hydroxyl groups excluding tert-OH is 1. The number of unbranched alkanes of at least 4 members (excludes halogenated alkanes) is 13. The number of hydrogen-bond acceptors (Lipinski definition) is 2. The molecule has 0 aliphatic carbocycles. The molecule has 0 aliphatic heterocycles. The molecule has 144 valence electrons. The van der Waals surface area contributed by atoms with Gasteiger partial charge in [0.1, 0.15) is 0 Å². The number of carbonyl (C=O) groups excluding carboxylic acids is 1. The summed E-state index contributed by atoms with van der Waals surface area (Å²) in [6.07, 6.45) is 19.6. The van der Waals surface area contributed by atoms with Crippen molar-refractivity contribution in [3.63, 3.8) is 0 Å². The zero-order valence-electron chi connectivity index (χ0n) is 16.4. The molecule has 2 unspecified atom stereocenters. The lowest BCUT2D eigenvalue weighted by molar-refractivity contribution is -0.124. The van der Waals surface area contributed by atoms with E-state index in [1.807, 2.05) is 6.92 Å². The molecule has 0 aromatic heterocycles. The van der Waals surface area contributed by atoms with Crippen LogP contribution in [0.4, 0.5) is 0 Å². The molecule has 3 nitrogen and oxygen atoms in total. The Hall–Kier alpha value is -0.570. The van der Waals surface area contributed by atoms with Gasteiger partial charge in [-0.15, -0.1) is 0 Å². The van der Waals surface area contributed by atoms with Crippen LogP contribution in [0.5, 0.6) is 0 Å². The van der Waals surface area contributed by atoms with Crippen LogP contribution in [0.3, 0.4) is 0 Å². The molecule has 0 rings (SSSR count). The summed E-state index contributed by atoms with van der Waals surface area (Å²) in [7, 11) is 0. The van der Waals surface area contributed by atoms with Crippen LogP contribution < -0.4 is 5.73 Å². The summed E-state index contributed by atoms with van der Waals surface area (Å²) in [6.45, 7) is 4.22. The number of primary amides is 1. The van der Waals surface area contributed by atoms with Crippen molar-refractivity contribution in [3.8, 4) is 0 Å². The van der Waals surface area contributed by atoms with E-state index >= 15 is 0 Å². The molecule has 0 heterocycles. The van der Waals surface area contributed by atoms with Gasteiger partial charge in [0.05, 0.1) is 0 Å². The average Bonchev–Trinajstić information content (AvgIpc) is 2.57. The third-order valence-corrected chi connectivity index (χ3v) is 5.21. The summed E-state index contributed by atoms with van der Waals surface area (Å²) in [6, 6.07) is 0. The first-order valence-corrected chi connectivity index (χ1v) is 10.5. The Morgan fingerprint density at radius 3 is 1.50 bits per heavy atom. The predicted octanol–water partition coefficient (Wildman–Crippen LogP) is 5.59. The first-order valence-electron chi connectivity index (χ1n) is 10.5. The molecule has 0 saturated carbocycles. The van der Waals surface area contributed by atoms with Gasteiger partial charge >= 0.3 is 0 Å². The van der Waals surface area contributed by atoms with Crippen LogP contribution in [-0.4, -0.2) is 17.6 Å². The quantitative estimate of drug-likeness (QED) is 0.319. The minimum absolute atomic E-state index is 0.00975. The summed E-state index contributed by atoms with van der Waals surface area (Å²) >= 11 is 0. The van der Waals surface area contributed by atoms with E-state index in [4.69, 9.17) is 10.8 Å². The fraction of sp³-hybridized carbons (Fsp3) is 0.952. The predicted molar refractivity (Wildman–Crippen MR) is 104 cm³/mol. The second-order valence-electron chi connectivity index (χ2n) is 7.55. The standard InChI is InChI=1S/C21H43NO2/c1-3-4-5-6-7-8-9-10-11-12-13-14-15-16-17-20(21(22)24)19(2)18-23/h19-20,23H,3-18H2,1-2H3,(H2,22,24). The van der Waals surface area contributed by atoms with Gasteiger partial charge in [0.15, 0.2) is 0 Å². The number of carbonyl (C=O) groups is 1. The second kappa shape index (κ2) is 17.3. The number of nitrogens with two attached hydrogens (primary N) is 1. The SMILES string of the molecule is CCCCCCCCCCCCCCCCC(C(N)=O)C(C)CO. The fourth-order valence-corrected chi connectivity index (χ4v) is 3.39. The molecule has 0 fully saturated rings. The van der Waals surface area contributed by atoms with Gasteiger partial charge in [0.2, 0.25) is 5.91 Å². The van der Waals surface area contributed by atoms with Crippen molar-refractivity contribution >= 4 is 5.91 Å². The Bertz CT molecular complexity index is 281. The summed E-state index contributed by atoms with van der Waals surface area (Å²) in [5.74, 6) is -0.428. The zero-order chi connectivity index (χ0) is 18.0. The third kappa shape index (κ3) is 13.8. The lowest BCUT2D eigenvalue weighted by atomic mass is 9.88. The largest absolute Gasteiger partial charge is 0.396 e. The number of aliphatic hydroxyl groups is 1. The van der Waals surface area contributed by atoms with Crippen molar-refractivity contribution in [2.75, 3.05) is 6.61 Å². The van der Waals surface area contributed by atoms with E-state index in [0.717, 1.165) is 12.8 Å². The van der Waals surface area contributed by atoms with Gasteiger partial charge in [0.25, 0.3) is 0 Å². The molecule has 3 N–H and O–H groups in total. The molecular formula is C21H43NO2. The second-order valence-corrected chi connectivity index (χ2v) is 7.55. The van der Waals surface area contributed by atoms with Crippen LogP contribution in [0.2, 0.25) is 0 Å². The highest BCUT2D eigenvalue weighted by Crippen LogP contribution is 2.19. The van der Waals surface area contributed by atoms with E-state index in [1.54, 1.807) is 0 Å². The highest BCUT2D eigenvalue weighted by molar-refractivity contribution is 5.76. The van der Waals surface area contributed by atoms with Gasteiger partial charge in [-0.1, -0.05) is 104 Å². The Kier molecular flexibility index (Phi) is 16.8. The first kappa shape index (κ1) is 23.4. The van der Waals surface area contributed by atoms with Crippen molar-refractivity contribution < 1.29 is 9.90 Å². The Morgan fingerprint density at radius 2 is 1.17 bits per heavy atom. The van der Waals surface area contributed by atoms with Crippen LogP contribution in [0.1, 0.15) is 110 Å². The highest BCUT2D eigenvalue weighted by atomic mass is 16.3. The van der Waals surface area contributed by atoms with Gasteiger partial charge in [-0.3, -0.25) is 4.79 Å². The van der Waals surface area contributed by atoms with Gasteiger partial charge in [-0.25, -0.2) is 0 Å². The van der Waals surface area contributed by atoms with Crippen LogP contribution in [0, 0.1) is 11.8 Å². The van der Waals surface area contributed by atoms with E-state index in [-0.39, 0.29) is 24.3 Å². The lowest BCUT2D eigenvalue weighted by Gasteiger charge is -2.18. The van der Waals surface area contributed by atoms with Crippen molar-refractivity contribution in [2.45, 2.75) is 110 Å². The molecule has 0 aromatic rings. The number of rotatable bonds is 18. The van der Waals surface area contributed by atoms with Gasteiger partial charge in [0, 0.05) is 12.5 Å². The zero-order valence-corrected chi connectivity index (χ0v) is 16.4. The maximum Gasteiger partial charge on any atom is 0.220 e. The molecule has 2 atom stereocenters. The normalized spacial score (nSPS) is 13.8. The summed E-state index contributed by atoms with van der Waals surface area (Å²) in [5, 5.41) is 9.16. The first-order chi connectivity index (χ1) is 11.6. The molecule has 0 spiro atoms. The van der Waals surface area contributed by atoms with Gasteiger partial charge in [-0.05, 0) is 12.3 Å². The molecule has 0 saturated heterocycles. The molecule has 1 amide bonds. The van der Waals surface area contributed by atoms with Crippen LogP contribution in [-0.2, 0) is 4.79 Å². The monoisotopic (exact) mass is 341 g/mol. The number of amides is 1. The average molecular weight is 342 g/mol. The molecule has 0 bridgehead atoms.